The molecule has 0 bridgehead atoms. The van der Waals surface area contributed by atoms with Crippen LogP contribution in [0.25, 0.3) is 0 Å². The Morgan fingerprint density at radius 2 is 2.47 bits per heavy atom. The van der Waals surface area contributed by atoms with Crippen LogP contribution in [0, 0.1) is 0 Å². The fourth-order valence-electron chi connectivity index (χ4n) is 2.25. The van der Waals surface area contributed by atoms with Crippen LogP contribution in [0.5, 0.6) is 0 Å². The molecular formula is C10H11N3O2. The van der Waals surface area contributed by atoms with Crippen LogP contribution in [-0.4, -0.2) is 34.8 Å². The van der Waals surface area contributed by atoms with Gasteiger partial charge < -0.3 is 10.4 Å². The van der Waals surface area contributed by atoms with Gasteiger partial charge in [0.1, 0.15) is 5.82 Å². The molecule has 2 unspecified atom stereocenters. The van der Waals surface area contributed by atoms with Gasteiger partial charge >= 0.3 is 6.03 Å². The molecule has 1 aromatic heterocycles. The molecule has 0 spiro atoms. The second kappa shape index (κ2) is 2.93. The van der Waals surface area contributed by atoms with Crippen LogP contribution < -0.4 is 10.2 Å². The van der Waals surface area contributed by atoms with Gasteiger partial charge in [0.15, 0.2) is 0 Å². The van der Waals surface area contributed by atoms with E-state index < -0.39 is 6.10 Å². The van der Waals surface area contributed by atoms with E-state index >= 15 is 0 Å². The molecule has 1 saturated heterocycles. The third kappa shape index (κ3) is 1.13. The molecule has 15 heavy (non-hydrogen) atoms. The van der Waals surface area contributed by atoms with Gasteiger partial charge in [0.2, 0.25) is 0 Å². The standard InChI is InChI=1S/C10H11N3O2/c14-8-5-12-10(15)13-7(8)4-6-2-1-3-11-9(6)13/h1-3,7-8,14H,4-5H2,(H,12,15). The van der Waals surface area contributed by atoms with Crippen LogP contribution in [0.1, 0.15) is 5.56 Å². The first kappa shape index (κ1) is 8.67. The number of nitrogens with zero attached hydrogens (tertiary/aromatic N) is 2. The van der Waals surface area contributed by atoms with E-state index in [2.05, 4.69) is 10.3 Å². The van der Waals surface area contributed by atoms with Crippen molar-refractivity contribution in [3.8, 4) is 0 Å². The average molecular weight is 205 g/mol. The minimum atomic E-state index is -0.517. The molecular weight excluding hydrogens is 194 g/mol. The molecule has 2 aliphatic rings. The lowest BCUT2D eigenvalue weighted by molar-refractivity contribution is 0.129. The minimum absolute atomic E-state index is 0.149. The first-order chi connectivity index (χ1) is 7.27. The monoisotopic (exact) mass is 205 g/mol. The molecule has 5 heteroatoms. The molecule has 0 saturated carbocycles. The molecule has 3 heterocycles. The number of nitrogens with one attached hydrogen (secondary N) is 1. The predicted molar refractivity (Wildman–Crippen MR) is 53.6 cm³/mol. The number of β-amino-alcohol motifs (C(OH)–C–C–N with tert-alkyl or cyclic N) is 1. The fourth-order valence-corrected chi connectivity index (χ4v) is 2.25. The second-order valence-corrected chi connectivity index (χ2v) is 3.88. The SMILES string of the molecule is O=C1NCC(O)C2Cc3cccnc3N12. The maximum atomic E-state index is 11.6. The van der Waals surface area contributed by atoms with Crippen molar-refractivity contribution in [1.29, 1.82) is 0 Å². The highest BCUT2D eigenvalue weighted by molar-refractivity contribution is 5.94. The summed E-state index contributed by atoms with van der Waals surface area (Å²) in [5.74, 6) is 0.679. The summed E-state index contributed by atoms with van der Waals surface area (Å²) >= 11 is 0. The summed E-state index contributed by atoms with van der Waals surface area (Å²) in [5, 5.41) is 12.4. The van der Waals surface area contributed by atoms with Crippen molar-refractivity contribution in [3.63, 3.8) is 0 Å². The van der Waals surface area contributed by atoms with Gasteiger partial charge in [-0.2, -0.15) is 0 Å². The molecule has 1 fully saturated rings. The Bertz CT molecular complexity index is 421. The topological polar surface area (TPSA) is 65.5 Å². The fraction of sp³-hybridized carbons (Fsp3) is 0.400. The summed E-state index contributed by atoms with van der Waals surface area (Å²) < 4.78 is 0. The summed E-state index contributed by atoms with van der Waals surface area (Å²) in [6.45, 7) is 0.327. The van der Waals surface area contributed by atoms with Crippen molar-refractivity contribution >= 4 is 11.8 Å². The Balaban J connectivity index is 2.07. The van der Waals surface area contributed by atoms with Gasteiger partial charge in [-0.1, -0.05) is 6.07 Å². The highest BCUT2D eigenvalue weighted by atomic mass is 16.3. The van der Waals surface area contributed by atoms with Gasteiger partial charge in [-0.3, -0.25) is 4.90 Å². The largest absolute Gasteiger partial charge is 0.389 e. The number of aliphatic hydroxyl groups excluding tert-OH is 1. The Morgan fingerprint density at radius 3 is 3.33 bits per heavy atom. The summed E-state index contributed by atoms with van der Waals surface area (Å²) in [5.41, 5.74) is 1.03. The van der Waals surface area contributed by atoms with E-state index in [0.29, 0.717) is 18.8 Å². The number of amides is 2. The van der Waals surface area contributed by atoms with E-state index in [-0.39, 0.29) is 12.1 Å². The Hall–Kier alpha value is -1.62. The van der Waals surface area contributed by atoms with Crippen molar-refractivity contribution < 1.29 is 9.90 Å². The number of fused-ring (bicyclic) bond motifs is 3. The van der Waals surface area contributed by atoms with Gasteiger partial charge in [0.05, 0.1) is 12.1 Å². The van der Waals surface area contributed by atoms with Crippen LogP contribution in [-0.2, 0) is 6.42 Å². The van der Waals surface area contributed by atoms with Crippen LogP contribution in [0.3, 0.4) is 0 Å². The molecule has 2 amide bonds. The second-order valence-electron chi connectivity index (χ2n) is 3.88. The lowest BCUT2D eigenvalue weighted by Crippen LogP contribution is -2.59. The van der Waals surface area contributed by atoms with Gasteiger partial charge in [0, 0.05) is 12.7 Å². The van der Waals surface area contributed by atoms with E-state index in [9.17, 15) is 9.90 Å². The number of hydrogen-bond donors (Lipinski definition) is 2. The third-order valence-corrected chi connectivity index (χ3v) is 2.98. The van der Waals surface area contributed by atoms with Crippen LogP contribution in [0.15, 0.2) is 18.3 Å². The maximum Gasteiger partial charge on any atom is 0.323 e. The summed E-state index contributed by atoms with van der Waals surface area (Å²) in [6, 6.07) is 3.48. The minimum Gasteiger partial charge on any atom is -0.389 e. The smallest absolute Gasteiger partial charge is 0.323 e. The van der Waals surface area contributed by atoms with E-state index in [1.54, 1.807) is 11.1 Å². The van der Waals surface area contributed by atoms with Gasteiger partial charge in [-0.05, 0) is 18.1 Å². The number of aliphatic hydroxyl groups is 1. The predicted octanol–water partition coefficient (Wildman–Crippen LogP) is -0.103. The first-order valence-corrected chi connectivity index (χ1v) is 4.96. The van der Waals surface area contributed by atoms with Gasteiger partial charge in [-0.15, -0.1) is 0 Å². The summed E-state index contributed by atoms with van der Waals surface area (Å²) in [6.07, 6.45) is 1.84. The number of aromatic nitrogens is 1. The zero-order valence-electron chi connectivity index (χ0n) is 8.05. The maximum absolute atomic E-state index is 11.6. The zero-order valence-corrected chi connectivity index (χ0v) is 8.05. The number of rotatable bonds is 0. The van der Waals surface area contributed by atoms with Crippen molar-refractivity contribution in [1.82, 2.24) is 10.3 Å². The molecule has 1 aromatic rings. The van der Waals surface area contributed by atoms with Gasteiger partial charge in [-0.25, -0.2) is 9.78 Å². The molecule has 78 valence electrons. The van der Waals surface area contributed by atoms with Crippen molar-refractivity contribution in [3.05, 3.63) is 23.9 Å². The lowest BCUT2D eigenvalue weighted by Gasteiger charge is -2.33. The number of anilines is 1. The van der Waals surface area contributed by atoms with Crippen LogP contribution in [0.4, 0.5) is 10.6 Å². The van der Waals surface area contributed by atoms with E-state index in [1.165, 1.54) is 0 Å². The van der Waals surface area contributed by atoms with Crippen LogP contribution in [0.2, 0.25) is 0 Å². The Kier molecular flexibility index (Phi) is 1.70. The van der Waals surface area contributed by atoms with Crippen molar-refractivity contribution in [2.45, 2.75) is 18.6 Å². The Labute approximate surface area is 86.7 Å². The molecule has 2 N–H and O–H groups in total. The van der Waals surface area contributed by atoms with E-state index in [0.717, 1.165) is 5.56 Å². The highest BCUT2D eigenvalue weighted by Gasteiger charge is 2.42. The highest BCUT2D eigenvalue weighted by Crippen LogP contribution is 2.32. The molecule has 0 aliphatic carbocycles. The number of hydrogen-bond acceptors (Lipinski definition) is 3. The molecule has 3 rings (SSSR count). The molecule has 2 atom stereocenters. The summed E-state index contributed by atoms with van der Waals surface area (Å²) in [7, 11) is 0. The van der Waals surface area contributed by atoms with Crippen molar-refractivity contribution in [2.75, 3.05) is 11.4 Å². The third-order valence-electron chi connectivity index (χ3n) is 2.98. The number of urea groups is 1. The van der Waals surface area contributed by atoms with Gasteiger partial charge in [0.25, 0.3) is 0 Å². The normalized spacial score (nSPS) is 28.3. The number of carbonyl (C=O) groups excluding carboxylic acids is 1. The van der Waals surface area contributed by atoms with Crippen molar-refractivity contribution in [2.24, 2.45) is 0 Å². The number of carbonyl (C=O) groups is 1. The summed E-state index contributed by atoms with van der Waals surface area (Å²) in [4.78, 5) is 17.4. The van der Waals surface area contributed by atoms with E-state index in [4.69, 9.17) is 0 Å². The lowest BCUT2D eigenvalue weighted by atomic mass is 10.1. The molecule has 5 nitrogen and oxygen atoms in total. The molecule has 0 aromatic carbocycles. The number of pyridine rings is 1. The molecule has 2 aliphatic heterocycles. The molecule has 0 radical (unpaired) electrons. The zero-order chi connectivity index (χ0) is 10.4. The quantitative estimate of drug-likeness (QED) is 0.621. The Morgan fingerprint density at radius 1 is 1.60 bits per heavy atom. The average Bonchev–Trinajstić information content (AvgIpc) is 2.64. The van der Waals surface area contributed by atoms with E-state index in [1.807, 2.05) is 12.1 Å². The van der Waals surface area contributed by atoms with Crippen LogP contribution >= 0.6 is 0 Å². The first-order valence-electron chi connectivity index (χ1n) is 4.96.